The normalized spacial score (nSPS) is 16.9. The van der Waals surface area contributed by atoms with Gasteiger partial charge in [-0.15, -0.1) is 11.8 Å². The number of aryl methyl sites for hydroxylation is 1. The predicted molar refractivity (Wildman–Crippen MR) is 84.5 cm³/mol. The first-order chi connectivity index (χ1) is 9.67. The molecule has 0 saturated heterocycles. The topological polar surface area (TPSA) is 29.1 Å². The summed E-state index contributed by atoms with van der Waals surface area (Å²) < 4.78 is 0. The number of carbonyl (C=O) groups is 1. The van der Waals surface area contributed by atoms with E-state index < -0.39 is 0 Å². The molecule has 2 aromatic rings. The van der Waals surface area contributed by atoms with Crippen LogP contribution in [0.1, 0.15) is 22.6 Å². The molecule has 3 rings (SSSR count). The van der Waals surface area contributed by atoms with Crippen LogP contribution in [0.15, 0.2) is 47.4 Å². The zero-order valence-electron chi connectivity index (χ0n) is 11.6. The molecule has 3 heteroatoms. The number of rotatable bonds is 3. The zero-order valence-corrected chi connectivity index (χ0v) is 12.5. The summed E-state index contributed by atoms with van der Waals surface area (Å²) in [5.74, 6) is 0.0459. The van der Waals surface area contributed by atoms with Gasteiger partial charge in [-0.1, -0.05) is 29.8 Å². The van der Waals surface area contributed by atoms with Gasteiger partial charge < -0.3 is 5.32 Å². The Kier molecular flexibility index (Phi) is 3.53. The highest BCUT2D eigenvalue weighted by molar-refractivity contribution is 7.98. The number of amides is 1. The fraction of sp³-hybridized carbons (Fsp3) is 0.235. The van der Waals surface area contributed by atoms with Gasteiger partial charge in [0, 0.05) is 10.6 Å². The first-order valence-electron chi connectivity index (χ1n) is 6.72. The minimum absolute atomic E-state index is 0.0648. The van der Waals surface area contributed by atoms with Crippen LogP contribution >= 0.6 is 11.8 Å². The summed E-state index contributed by atoms with van der Waals surface area (Å²) in [5, 5.41) is 2.97. The number of hydrogen-bond donors (Lipinski definition) is 1. The van der Waals surface area contributed by atoms with E-state index in [1.54, 1.807) is 11.8 Å². The van der Waals surface area contributed by atoms with E-state index in [2.05, 4.69) is 48.8 Å². The number of benzene rings is 2. The standard InChI is InChI=1S/C17H17NOS/c1-11-3-8-16-14(9-11)15(17(19)18-16)10-12-4-6-13(20-2)7-5-12/h3-9,15H,10H2,1-2H3,(H,18,19). The largest absolute Gasteiger partial charge is 0.325 e. The van der Waals surface area contributed by atoms with E-state index in [9.17, 15) is 4.79 Å². The Morgan fingerprint density at radius 1 is 1.15 bits per heavy atom. The summed E-state index contributed by atoms with van der Waals surface area (Å²) in [6.07, 6.45) is 2.83. The maximum Gasteiger partial charge on any atom is 0.232 e. The van der Waals surface area contributed by atoms with Gasteiger partial charge in [0.25, 0.3) is 0 Å². The van der Waals surface area contributed by atoms with E-state index in [4.69, 9.17) is 0 Å². The third-order valence-corrected chi connectivity index (χ3v) is 4.50. The van der Waals surface area contributed by atoms with Crippen LogP contribution in [0, 0.1) is 6.92 Å². The molecule has 1 aliphatic rings. The molecule has 2 aromatic carbocycles. The van der Waals surface area contributed by atoms with Crippen molar-refractivity contribution in [1.82, 2.24) is 0 Å². The molecule has 0 fully saturated rings. The monoisotopic (exact) mass is 283 g/mol. The van der Waals surface area contributed by atoms with Crippen LogP contribution in [-0.2, 0) is 11.2 Å². The van der Waals surface area contributed by atoms with Gasteiger partial charge in [-0.25, -0.2) is 0 Å². The van der Waals surface area contributed by atoms with Gasteiger partial charge >= 0.3 is 0 Å². The van der Waals surface area contributed by atoms with Crippen LogP contribution in [-0.4, -0.2) is 12.2 Å². The Bertz CT molecular complexity index is 649. The van der Waals surface area contributed by atoms with Crippen molar-refractivity contribution in [3.05, 3.63) is 59.2 Å². The van der Waals surface area contributed by atoms with Crippen molar-refractivity contribution in [1.29, 1.82) is 0 Å². The van der Waals surface area contributed by atoms with Crippen molar-refractivity contribution in [2.75, 3.05) is 11.6 Å². The smallest absolute Gasteiger partial charge is 0.232 e. The molecule has 0 bridgehead atoms. The molecule has 1 amide bonds. The van der Waals surface area contributed by atoms with Crippen molar-refractivity contribution in [2.24, 2.45) is 0 Å². The second kappa shape index (κ2) is 5.33. The van der Waals surface area contributed by atoms with E-state index in [1.807, 2.05) is 12.1 Å². The van der Waals surface area contributed by atoms with Crippen LogP contribution in [0.5, 0.6) is 0 Å². The van der Waals surface area contributed by atoms with Gasteiger partial charge in [0.05, 0.1) is 5.92 Å². The average molecular weight is 283 g/mol. The number of nitrogens with one attached hydrogen (secondary N) is 1. The predicted octanol–water partition coefficient (Wildman–Crippen LogP) is 4.00. The van der Waals surface area contributed by atoms with Gasteiger partial charge in [-0.3, -0.25) is 4.79 Å². The Balaban J connectivity index is 1.87. The fourth-order valence-electron chi connectivity index (χ4n) is 2.65. The lowest BCUT2D eigenvalue weighted by molar-refractivity contribution is -0.117. The first kappa shape index (κ1) is 13.3. The van der Waals surface area contributed by atoms with Gasteiger partial charge in [0.15, 0.2) is 0 Å². The average Bonchev–Trinajstić information content (AvgIpc) is 2.76. The molecule has 2 nitrogen and oxygen atoms in total. The van der Waals surface area contributed by atoms with Crippen molar-refractivity contribution in [3.8, 4) is 0 Å². The van der Waals surface area contributed by atoms with Gasteiger partial charge in [-0.2, -0.15) is 0 Å². The van der Waals surface area contributed by atoms with E-state index in [0.29, 0.717) is 0 Å². The first-order valence-corrected chi connectivity index (χ1v) is 7.94. The Labute approximate surface area is 123 Å². The molecule has 1 heterocycles. The minimum atomic E-state index is -0.0648. The van der Waals surface area contributed by atoms with Gasteiger partial charge in [-0.05, 0) is 48.9 Å². The molecular weight excluding hydrogens is 266 g/mol. The number of carbonyl (C=O) groups excluding carboxylic acids is 1. The lowest BCUT2D eigenvalue weighted by Crippen LogP contribution is -2.14. The van der Waals surface area contributed by atoms with Crippen molar-refractivity contribution in [2.45, 2.75) is 24.2 Å². The van der Waals surface area contributed by atoms with Crippen LogP contribution in [0.3, 0.4) is 0 Å². The molecule has 0 saturated carbocycles. The van der Waals surface area contributed by atoms with Crippen molar-refractivity contribution < 1.29 is 4.79 Å². The lowest BCUT2D eigenvalue weighted by atomic mass is 9.92. The van der Waals surface area contributed by atoms with Crippen LogP contribution in [0.25, 0.3) is 0 Å². The van der Waals surface area contributed by atoms with E-state index in [1.165, 1.54) is 16.0 Å². The van der Waals surface area contributed by atoms with E-state index in [-0.39, 0.29) is 11.8 Å². The summed E-state index contributed by atoms with van der Waals surface area (Å²) in [5.41, 5.74) is 4.50. The maximum absolute atomic E-state index is 12.2. The Morgan fingerprint density at radius 3 is 2.60 bits per heavy atom. The van der Waals surface area contributed by atoms with Crippen molar-refractivity contribution >= 4 is 23.4 Å². The number of anilines is 1. The maximum atomic E-state index is 12.2. The third kappa shape index (κ3) is 2.46. The summed E-state index contributed by atoms with van der Waals surface area (Å²) in [4.78, 5) is 13.4. The van der Waals surface area contributed by atoms with Gasteiger partial charge in [0.2, 0.25) is 5.91 Å². The lowest BCUT2D eigenvalue weighted by Gasteiger charge is -2.10. The highest BCUT2D eigenvalue weighted by Crippen LogP contribution is 2.35. The van der Waals surface area contributed by atoms with E-state index in [0.717, 1.165) is 17.7 Å². The summed E-state index contributed by atoms with van der Waals surface area (Å²) in [7, 11) is 0. The molecule has 0 spiro atoms. The Hall–Kier alpha value is -1.74. The highest BCUT2D eigenvalue weighted by Gasteiger charge is 2.30. The van der Waals surface area contributed by atoms with Crippen molar-refractivity contribution in [3.63, 3.8) is 0 Å². The number of hydrogen-bond acceptors (Lipinski definition) is 2. The number of thioether (sulfide) groups is 1. The molecule has 0 aliphatic carbocycles. The summed E-state index contributed by atoms with van der Waals surface area (Å²) in [6.45, 7) is 2.06. The second-order valence-corrected chi connectivity index (χ2v) is 6.06. The third-order valence-electron chi connectivity index (χ3n) is 3.76. The molecule has 1 atom stereocenters. The molecule has 0 aromatic heterocycles. The molecular formula is C17H17NOS. The van der Waals surface area contributed by atoms with Crippen LogP contribution < -0.4 is 5.32 Å². The molecule has 1 aliphatic heterocycles. The quantitative estimate of drug-likeness (QED) is 0.863. The fourth-order valence-corrected chi connectivity index (χ4v) is 3.05. The van der Waals surface area contributed by atoms with E-state index >= 15 is 0 Å². The number of fused-ring (bicyclic) bond motifs is 1. The minimum Gasteiger partial charge on any atom is -0.325 e. The highest BCUT2D eigenvalue weighted by atomic mass is 32.2. The molecule has 1 N–H and O–H groups in total. The van der Waals surface area contributed by atoms with Crippen LogP contribution in [0.4, 0.5) is 5.69 Å². The zero-order chi connectivity index (χ0) is 14.1. The molecule has 102 valence electrons. The molecule has 1 unspecified atom stereocenters. The second-order valence-electron chi connectivity index (χ2n) is 5.18. The summed E-state index contributed by atoms with van der Waals surface area (Å²) >= 11 is 1.73. The van der Waals surface area contributed by atoms with Crippen LogP contribution in [0.2, 0.25) is 0 Å². The summed E-state index contributed by atoms with van der Waals surface area (Å²) in [6, 6.07) is 14.6. The SMILES string of the molecule is CSc1ccc(CC2C(=O)Nc3ccc(C)cc32)cc1. The molecule has 0 radical (unpaired) electrons. The van der Waals surface area contributed by atoms with Gasteiger partial charge in [0.1, 0.15) is 0 Å². The molecule has 20 heavy (non-hydrogen) atoms. The Morgan fingerprint density at radius 2 is 1.90 bits per heavy atom.